The number of aliphatic hydroxyl groups is 1. The first-order valence-corrected chi connectivity index (χ1v) is 13.1. The molecular formula is C26H55NO3. The van der Waals surface area contributed by atoms with Crippen LogP contribution in [0.3, 0.4) is 0 Å². The highest BCUT2D eigenvalue weighted by Crippen LogP contribution is 2.16. The van der Waals surface area contributed by atoms with Crippen LogP contribution in [0.15, 0.2) is 0 Å². The zero-order chi connectivity index (χ0) is 23.1. The van der Waals surface area contributed by atoms with Gasteiger partial charge < -0.3 is 19.5 Å². The zero-order valence-electron chi connectivity index (χ0n) is 21.2. The van der Waals surface area contributed by atoms with Crippen molar-refractivity contribution >= 4 is 5.97 Å². The standard InChI is InChI=1S/C23H50NO.C3H6O2/c1-5-7-9-11-13-15-17-19-21-24(4,23(3)25)22-20-18-16-14-12-10-8-6-2;1-2-3(4)5/h23,25H,5-22H2,1-4H3;2H2,1H3,(H,4,5)/q+1;/p-1. The molecule has 0 aliphatic heterocycles. The number of quaternary nitrogens is 1. The van der Waals surface area contributed by atoms with Crippen molar-refractivity contribution in [2.24, 2.45) is 0 Å². The van der Waals surface area contributed by atoms with Crippen molar-refractivity contribution in [1.29, 1.82) is 0 Å². The molecule has 0 rings (SSSR count). The molecule has 4 nitrogen and oxygen atoms in total. The highest BCUT2D eigenvalue weighted by molar-refractivity contribution is 5.63. The lowest BCUT2D eigenvalue weighted by atomic mass is 10.1. The van der Waals surface area contributed by atoms with Gasteiger partial charge in [0.2, 0.25) is 0 Å². The van der Waals surface area contributed by atoms with Crippen LogP contribution in [0.1, 0.15) is 137 Å². The Kier molecular flexibility index (Phi) is 24.3. The van der Waals surface area contributed by atoms with Crippen LogP contribution in [-0.2, 0) is 4.79 Å². The number of hydrogen-bond donors (Lipinski definition) is 1. The molecule has 0 aromatic carbocycles. The number of aliphatic hydroxyl groups excluding tert-OH is 1. The van der Waals surface area contributed by atoms with Crippen LogP contribution in [0.5, 0.6) is 0 Å². The van der Waals surface area contributed by atoms with E-state index in [2.05, 4.69) is 20.9 Å². The van der Waals surface area contributed by atoms with Gasteiger partial charge in [0.05, 0.1) is 20.1 Å². The zero-order valence-corrected chi connectivity index (χ0v) is 21.2. The van der Waals surface area contributed by atoms with Gasteiger partial charge >= 0.3 is 0 Å². The predicted molar refractivity (Wildman–Crippen MR) is 128 cm³/mol. The number of unbranched alkanes of at least 4 members (excludes halogenated alkanes) is 14. The molecule has 1 N–H and O–H groups in total. The Balaban J connectivity index is 0. The summed E-state index contributed by atoms with van der Waals surface area (Å²) < 4.78 is 0.853. The lowest BCUT2D eigenvalue weighted by Gasteiger charge is -2.37. The van der Waals surface area contributed by atoms with Gasteiger partial charge in [-0.25, -0.2) is 0 Å². The number of hydrogen-bond acceptors (Lipinski definition) is 3. The van der Waals surface area contributed by atoms with Crippen molar-refractivity contribution in [3.05, 3.63) is 0 Å². The number of rotatable bonds is 20. The first kappa shape index (κ1) is 31.6. The van der Waals surface area contributed by atoms with Crippen molar-refractivity contribution in [3.8, 4) is 0 Å². The molecule has 4 heteroatoms. The molecule has 0 radical (unpaired) electrons. The Morgan fingerprint density at radius 3 is 1.20 bits per heavy atom. The lowest BCUT2D eigenvalue weighted by Crippen LogP contribution is -2.52. The van der Waals surface area contributed by atoms with Crippen LogP contribution in [0, 0.1) is 0 Å². The second kappa shape index (κ2) is 23.1. The van der Waals surface area contributed by atoms with Crippen LogP contribution in [-0.4, -0.2) is 41.9 Å². The molecule has 0 heterocycles. The molecule has 0 amide bonds. The van der Waals surface area contributed by atoms with Crippen molar-refractivity contribution in [1.82, 2.24) is 0 Å². The Morgan fingerprint density at radius 2 is 0.967 bits per heavy atom. The summed E-state index contributed by atoms with van der Waals surface area (Å²) in [6.45, 7) is 10.4. The summed E-state index contributed by atoms with van der Waals surface area (Å²) in [4.78, 5) is 9.26. The largest absolute Gasteiger partial charge is 0.550 e. The van der Waals surface area contributed by atoms with Crippen LogP contribution in [0.25, 0.3) is 0 Å². The normalized spacial score (nSPS) is 12.3. The SMILES string of the molecule is CCC(=O)[O-].CCCCCCCCCC[N+](C)(CCCCCCCCCC)C(C)O. The van der Waals surface area contributed by atoms with E-state index in [1.54, 1.807) is 0 Å². The van der Waals surface area contributed by atoms with Gasteiger partial charge in [0, 0.05) is 12.9 Å². The molecule has 182 valence electrons. The fraction of sp³-hybridized carbons (Fsp3) is 0.962. The van der Waals surface area contributed by atoms with Gasteiger partial charge in [-0.3, -0.25) is 0 Å². The second-order valence-electron chi connectivity index (χ2n) is 9.23. The average molecular weight is 430 g/mol. The Labute approximate surface area is 189 Å². The van der Waals surface area contributed by atoms with Gasteiger partial charge in [-0.15, -0.1) is 0 Å². The number of carbonyl (C=O) groups excluding carboxylic acids is 1. The van der Waals surface area contributed by atoms with Gasteiger partial charge in [-0.2, -0.15) is 0 Å². The maximum Gasteiger partial charge on any atom is 0.187 e. The molecule has 1 unspecified atom stereocenters. The minimum Gasteiger partial charge on any atom is -0.550 e. The number of carbonyl (C=O) groups is 1. The number of carboxylic acid groups (broad SMARTS) is 1. The van der Waals surface area contributed by atoms with E-state index >= 15 is 0 Å². The molecule has 0 aliphatic carbocycles. The topological polar surface area (TPSA) is 60.4 Å². The molecule has 0 aliphatic rings. The lowest BCUT2D eigenvalue weighted by molar-refractivity contribution is -0.952. The van der Waals surface area contributed by atoms with Crippen molar-refractivity contribution in [2.75, 3.05) is 20.1 Å². The van der Waals surface area contributed by atoms with Gasteiger partial charge in [0.15, 0.2) is 6.23 Å². The summed E-state index contributed by atoms with van der Waals surface area (Å²) in [5.41, 5.74) is 0. The molecule has 0 bridgehead atoms. The third-order valence-corrected chi connectivity index (χ3v) is 6.24. The van der Waals surface area contributed by atoms with E-state index in [1.165, 1.54) is 110 Å². The average Bonchev–Trinajstić information content (AvgIpc) is 2.72. The number of carboxylic acids is 1. The fourth-order valence-electron chi connectivity index (χ4n) is 3.70. The van der Waals surface area contributed by atoms with Gasteiger partial charge in [0.25, 0.3) is 0 Å². The van der Waals surface area contributed by atoms with Crippen molar-refractivity contribution in [2.45, 2.75) is 143 Å². The predicted octanol–water partition coefficient (Wildman–Crippen LogP) is 6.20. The molecular weight excluding hydrogens is 374 g/mol. The van der Waals surface area contributed by atoms with Gasteiger partial charge in [-0.1, -0.05) is 97.8 Å². The summed E-state index contributed by atoms with van der Waals surface area (Å²) in [6, 6.07) is 0. The molecule has 0 fully saturated rings. The van der Waals surface area contributed by atoms with Crippen molar-refractivity contribution in [3.63, 3.8) is 0 Å². The number of nitrogens with zero attached hydrogens (tertiary/aromatic N) is 1. The molecule has 1 atom stereocenters. The summed E-state index contributed by atoms with van der Waals surface area (Å²) in [5, 5.41) is 19.5. The maximum absolute atomic E-state index is 10.2. The van der Waals surface area contributed by atoms with Gasteiger partial charge in [-0.05, 0) is 32.1 Å². The molecule has 0 spiro atoms. The van der Waals surface area contributed by atoms with E-state index in [1.807, 2.05) is 6.92 Å². The van der Waals surface area contributed by atoms with Gasteiger partial charge in [0.1, 0.15) is 0 Å². The Morgan fingerprint density at radius 1 is 0.700 bits per heavy atom. The van der Waals surface area contributed by atoms with E-state index < -0.39 is 5.97 Å². The second-order valence-corrected chi connectivity index (χ2v) is 9.23. The summed E-state index contributed by atoms with van der Waals surface area (Å²) in [6.07, 6.45) is 21.8. The first-order chi connectivity index (χ1) is 14.3. The molecule has 0 aromatic rings. The fourth-order valence-corrected chi connectivity index (χ4v) is 3.70. The molecule has 0 saturated heterocycles. The summed E-state index contributed by atoms with van der Waals surface area (Å²) in [5.74, 6) is -0.995. The van der Waals surface area contributed by atoms with E-state index in [0.717, 1.165) is 17.6 Å². The number of aliphatic carboxylic acids is 1. The maximum atomic E-state index is 10.2. The first-order valence-electron chi connectivity index (χ1n) is 13.1. The Hall–Kier alpha value is -0.610. The van der Waals surface area contributed by atoms with E-state index in [-0.39, 0.29) is 12.6 Å². The van der Waals surface area contributed by atoms with E-state index in [9.17, 15) is 15.0 Å². The van der Waals surface area contributed by atoms with Crippen LogP contribution < -0.4 is 5.11 Å². The van der Waals surface area contributed by atoms with Crippen molar-refractivity contribution < 1.29 is 19.5 Å². The monoisotopic (exact) mass is 429 g/mol. The summed E-state index contributed by atoms with van der Waals surface area (Å²) in [7, 11) is 2.26. The summed E-state index contributed by atoms with van der Waals surface area (Å²) >= 11 is 0. The molecule has 0 aromatic heterocycles. The molecule has 30 heavy (non-hydrogen) atoms. The smallest absolute Gasteiger partial charge is 0.187 e. The van der Waals surface area contributed by atoms with Crippen LogP contribution in [0.4, 0.5) is 0 Å². The highest BCUT2D eigenvalue weighted by Gasteiger charge is 2.26. The minimum atomic E-state index is -0.995. The van der Waals surface area contributed by atoms with E-state index in [0.29, 0.717) is 0 Å². The van der Waals surface area contributed by atoms with Crippen LogP contribution >= 0.6 is 0 Å². The van der Waals surface area contributed by atoms with Crippen LogP contribution in [0.2, 0.25) is 0 Å². The third kappa shape index (κ3) is 22.1. The molecule has 0 saturated carbocycles. The Bertz CT molecular complexity index is 338. The van der Waals surface area contributed by atoms with E-state index in [4.69, 9.17) is 0 Å². The minimum absolute atomic E-state index is 0.111. The third-order valence-electron chi connectivity index (χ3n) is 6.24. The quantitative estimate of drug-likeness (QED) is 0.142. The highest BCUT2D eigenvalue weighted by atomic mass is 16.4.